The van der Waals surface area contributed by atoms with Gasteiger partial charge in [-0.2, -0.15) is 13.2 Å². The van der Waals surface area contributed by atoms with E-state index in [0.717, 1.165) is 31.5 Å². The molecule has 1 unspecified atom stereocenters. The minimum absolute atomic E-state index is 0.240. The van der Waals surface area contributed by atoms with E-state index >= 15 is 0 Å². The van der Waals surface area contributed by atoms with Gasteiger partial charge >= 0.3 is 6.18 Å². The second kappa shape index (κ2) is 9.13. The lowest BCUT2D eigenvalue weighted by Gasteiger charge is -2.27. The van der Waals surface area contributed by atoms with Gasteiger partial charge in [-0.1, -0.05) is 6.07 Å². The number of aliphatic hydroxyl groups excluding tert-OH is 1. The summed E-state index contributed by atoms with van der Waals surface area (Å²) in [6.07, 6.45) is -3.11. The van der Waals surface area contributed by atoms with Crippen LogP contribution in [0.4, 0.5) is 13.2 Å². The molecule has 0 spiro atoms. The zero-order valence-corrected chi connectivity index (χ0v) is 13.9. The van der Waals surface area contributed by atoms with Crippen molar-refractivity contribution in [2.45, 2.75) is 51.9 Å². The zero-order chi connectivity index (χ0) is 17.5. The van der Waals surface area contributed by atoms with Crippen LogP contribution in [-0.4, -0.2) is 41.8 Å². The smallest absolute Gasteiger partial charge is 0.416 e. The van der Waals surface area contributed by atoms with Crippen molar-refractivity contribution in [2.24, 2.45) is 0 Å². The van der Waals surface area contributed by atoms with E-state index in [9.17, 15) is 18.3 Å². The molecule has 0 aliphatic carbocycles. The average molecular weight is 333 g/mol. The Morgan fingerprint density at radius 2 is 1.87 bits per heavy atom. The van der Waals surface area contributed by atoms with Crippen LogP contribution in [0.15, 0.2) is 24.3 Å². The van der Waals surface area contributed by atoms with Gasteiger partial charge in [0.2, 0.25) is 0 Å². The van der Waals surface area contributed by atoms with Gasteiger partial charge in [-0.15, -0.1) is 0 Å². The molecule has 6 heteroatoms. The van der Waals surface area contributed by atoms with Crippen molar-refractivity contribution in [3.8, 4) is 5.75 Å². The fourth-order valence-electron chi connectivity index (χ4n) is 2.27. The first-order valence-electron chi connectivity index (χ1n) is 7.92. The van der Waals surface area contributed by atoms with Gasteiger partial charge in [0.15, 0.2) is 0 Å². The number of aliphatic hydroxyl groups is 1. The maximum atomic E-state index is 12.6. The van der Waals surface area contributed by atoms with Gasteiger partial charge in [0, 0.05) is 12.6 Å². The third-order valence-electron chi connectivity index (χ3n) is 3.50. The number of halogens is 3. The first kappa shape index (κ1) is 19.8. The molecule has 0 aliphatic rings. The van der Waals surface area contributed by atoms with Gasteiger partial charge in [-0.3, -0.25) is 4.90 Å². The summed E-state index contributed by atoms with van der Waals surface area (Å²) in [5, 5.41) is 9.46. The van der Waals surface area contributed by atoms with Crippen LogP contribution in [0, 0.1) is 0 Å². The lowest BCUT2D eigenvalue weighted by molar-refractivity contribution is -0.137. The summed E-state index contributed by atoms with van der Waals surface area (Å²) >= 11 is 0. The average Bonchev–Trinajstić information content (AvgIpc) is 2.44. The predicted molar refractivity (Wildman–Crippen MR) is 84.6 cm³/mol. The SMILES string of the molecule is CC(O)CN(CCCCOc1cccc(C(F)(F)F)c1)C(C)C. The molecule has 0 fully saturated rings. The van der Waals surface area contributed by atoms with E-state index < -0.39 is 11.7 Å². The van der Waals surface area contributed by atoms with Crippen molar-refractivity contribution >= 4 is 0 Å². The highest BCUT2D eigenvalue weighted by atomic mass is 19.4. The number of hydrogen-bond acceptors (Lipinski definition) is 3. The number of hydrogen-bond donors (Lipinski definition) is 1. The van der Waals surface area contributed by atoms with Gasteiger partial charge in [0.25, 0.3) is 0 Å². The molecular weight excluding hydrogens is 307 g/mol. The molecule has 1 N–H and O–H groups in total. The normalized spacial score (nSPS) is 13.6. The van der Waals surface area contributed by atoms with Crippen molar-refractivity contribution in [2.75, 3.05) is 19.7 Å². The van der Waals surface area contributed by atoms with Crippen molar-refractivity contribution in [3.63, 3.8) is 0 Å². The van der Waals surface area contributed by atoms with Crippen molar-refractivity contribution in [3.05, 3.63) is 29.8 Å². The second-order valence-electron chi connectivity index (χ2n) is 6.02. The molecule has 1 aromatic carbocycles. The molecule has 0 radical (unpaired) electrons. The molecule has 132 valence electrons. The standard InChI is InChI=1S/C17H26F3NO2/c1-13(2)21(12-14(3)22)9-4-5-10-23-16-8-6-7-15(11-16)17(18,19)20/h6-8,11,13-14,22H,4-5,9-10,12H2,1-3H3. The molecule has 0 heterocycles. The molecular formula is C17H26F3NO2. The number of alkyl halides is 3. The number of ether oxygens (including phenoxy) is 1. The summed E-state index contributed by atoms with van der Waals surface area (Å²) in [5.41, 5.74) is -0.696. The Balaban J connectivity index is 2.35. The fourth-order valence-corrected chi connectivity index (χ4v) is 2.27. The second-order valence-corrected chi connectivity index (χ2v) is 6.02. The number of benzene rings is 1. The third-order valence-corrected chi connectivity index (χ3v) is 3.50. The molecule has 0 amide bonds. The van der Waals surface area contributed by atoms with E-state index in [1.165, 1.54) is 12.1 Å². The molecule has 1 atom stereocenters. The maximum Gasteiger partial charge on any atom is 0.416 e. The Morgan fingerprint density at radius 1 is 1.17 bits per heavy atom. The van der Waals surface area contributed by atoms with Gasteiger partial charge < -0.3 is 9.84 Å². The van der Waals surface area contributed by atoms with Gasteiger partial charge in [0.1, 0.15) is 5.75 Å². The van der Waals surface area contributed by atoms with Crippen LogP contribution in [0.2, 0.25) is 0 Å². The highest BCUT2D eigenvalue weighted by Gasteiger charge is 2.30. The zero-order valence-electron chi connectivity index (χ0n) is 13.9. The molecule has 23 heavy (non-hydrogen) atoms. The number of unbranched alkanes of at least 4 members (excludes halogenated alkanes) is 1. The molecule has 0 aliphatic heterocycles. The molecule has 0 saturated carbocycles. The minimum atomic E-state index is -4.35. The van der Waals surface area contributed by atoms with Crippen molar-refractivity contribution < 1.29 is 23.0 Å². The molecule has 1 aromatic rings. The summed E-state index contributed by atoms with van der Waals surface area (Å²) in [7, 11) is 0. The van der Waals surface area contributed by atoms with E-state index in [4.69, 9.17) is 4.74 Å². The van der Waals surface area contributed by atoms with Crippen LogP contribution in [-0.2, 0) is 6.18 Å². The number of nitrogens with zero attached hydrogens (tertiary/aromatic N) is 1. The summed E-state index contributed by atoms with van der Waals surface area (Å²) in [6.45, 7) is 7.72. The van der Waals surface area contributed by atoms with Crippen LogP contribution in [0.1, 0.15) is 39.2 Å². The number of rotatable bonds is 9. The van der Waals surface area contributed by atoms with Crippen LogP contribution < -0.4 is 4.74 Å². The lowest BCUT2D eigenvalue weighted by atomic mass is 10.2. The van der Waals surface area contributed by atoms with Crippen LogP contribution in [0.5, 0.6) is 5.75 Å². The Kier molecular flexibility index (Phi) is 7.85. The van der Waals surface area contributed by atoms with E-state index in [-0.39, 0.29) is 11.9 Å². The molecule has 0 saturated heterocycles. The lowest BCUT2D eigenvalue weighted by Crippen LogP contribution is -2.37. The van der Waals surface area contributed by atoms with E-state index in [0.29, 0.717) is 19.2 Å². The first-order chi connectivity index (χ1) is 10.7. The highest BCUT2D eigenvalue weighted by molar-refractivity contribution is 5.30. The third kappa shape index (κ3) is 7.70. The van der Waals surface area contributed by atoms with Gasteiger partial charge in [-0.05, 0) is 58.4 Å². The minimum Gasteiger partial charge on any atom is -0.494 e. The summed E-state index contributed by atoms with van der Waals surface area (Å²) in [5.74, 6) is 0.240. The van der Waals surface area contributed by atoms with Crippen molar-refractivity contribution in [1.29, 1.82) is 0 Å². The quantitative estimate of drug-likeness (QED) is 0.695. The van der Waals surface area contributed by atoms with Crippen molar-refractivity contribution in [1.82, 2.24) is 4.90 Å². The monoisotopic (exact) mass is 333 g/mol. The van der Waals surface area contributed by atoms with E-state index in [1.807, 2.05) is 0 Å². The van der Waals surface area contributed by atoms with Crippen LogP contribution >= 0.6 is 0 Å². The topological polar surface area (TPSA) is 32.7 Å². The molecule has 3 nitrogen and oxygen atoms in total. The summed E-state index contributed by atoms with van der Waals surface area (Å²) in [4.78, 5) is 2.18. The summed E-state index contributed by atoms with van der Waals surface area (Å²) in [6, 6.07) is 5.27. The molecule has 0 bridgehead atoms. The Bertz CT molecular complexity index is 461. The van der Waals surface area contributed by atoms with E-state index in [1.54, 1.807) is 6.92 Å². The van der Waals surface area contributed by atoms with Crippen LogP contribution in [0.25, 0.3) is 0 Å². The molecule has 0 aromatic heterocycles. The first-order valence-corrected chi connectivity index (χ1v) is 7.92. The Hall–Kier alpha value is -1.27. The largest absolute Gasteiger partial charge is 0.494 e. The maximum absolute atomic E-state index is 12.6. The fraction of sp³-hybridized carbons (Fsp3) is 0.647. The Labute approximate surface area is 136 Å². The van der Waals surface area contributed by atoms with E-state index in [2.05, 4.69) is 18.7 Å². The molecule has 1 rings (SSSR count). The Morgan fingerprint density at radius 3 is 2.43 bits per heavy atom. The van der Waals surface area contributed by atoms with Crippen LogP contribution in [0.3, 0.4) is 0 Å². The highest BCUT2D eigenvalue weighted by Crippen LogP contribution is 2.31. The summed E-state index contributed by atoms with van der Waals surface area (Å²) < 4.78 is 43.2. The predicted octanol–water partition coefficient (Wildman–Crippen LogP) is 3.96. The van der Waals surface area contributed by atoms with Gasteiger partial charge in [0.05, 0.1) is 18.3 Å². The van der Waals surface area contributed by atoms with Gasteiger partial charge in [-0.25, -0.2) is 0 Å².